The fraction of sp³-hybridized carbons (Fsp3) is 0.263. The predicted octanol–water partition coefficient (Wildman–Crippen LogP) is 3.24. The van der Waals surface area contributed by atoms with Crippen molar-refractivity contribution in [3.8, 4) is 11.4 Å². The average Bonchev–Trinajstić information content (AvgIpc) is 3.22. The van der Waals surface area contributed by atoms with E-state index in [0.29, 0.717) is 23.9 Å². The van der Waals surface area contributed by atoms with Crippen molar-refractivity contribution in [3.05, 3.63) is 64.0 Å². The van der Waals surface area contributed by atoms with Gasteiger partial charge in [0, 0.05) is 0 Å². The number of nitrogens with zero attached hydrogens (tertiary/aromatic N) is 2. The number of ether oxygens (including phenoxy) is 1. The van der Waals surface area contributed by atoms with Crippen LogP contribution in [0.4, 0.5) is 13.2 Å². The maximum atomic E-state index is 14.3. The first-order valence-electron chi connectivity index (χ1n) is 8.49. The standard InChI is InChI=1S/C19H16F3N3O2/c1-27-11-6-4-10(5-7-11)25-18(14-3-2-8-23-14)24-17-12(19(25)26)9-13(20)15(21)16(17)22/h4-7,9,14,23H,2-3,8H2,1H3/t14-/m1/s1. The highest BCUT2D eigenvalue weighted by atomic mass is 19.2. The van der Waals surface area contributed by atoms with Crippen LogP contribution < -0.4 is 15.6 Å². The normalized spacial score (nSPS) is 16.8. The number of rotatable bonds is 3. The molecule has 1 N–H and O–H groups in total. The number of fused-ring (bicyclic) bond motifs is 1. The Hall–Kier alpha value is -2.87. The molecule has 0 bridgehead atoms. The number of hydrogen-bond donors (Lipinski definition) is 1. The summed E-state index contributed by atoms with van der Waals surface area (Å²) in [5.41, 5.74) is -0.650. The molecule has 0 amide bonds. The largest absolute Gasteiger partial charge is 0.497 e. The van der Waals surface area contributed by atoms with Gasteiger partial charge in [-0.3, -0.25) is 9.36 Å². The Bertz CT molecular complexity index is 1070. The Labute approximate surface area is 152 Å². The number of halogens is 3. The van der Waals surface area contributed by atoms with Gasteiger partial charge in [-0.05, 0) is 49.7 Å². The molecule has 0 saturated carbocycles. The van der Waals surface area contributed by atoms with Crippen molar-refractivity contribution < 1.29 is 17.9 Å². The monoisotopic (exact) mass is 375 g/mol. The van der Waals surface area contributed by atoms with Gasteiger partial charge in [-0.2, -0.15) is 0 Å². The molecule has 4 rings (SSSR count). The van der Waals surface area contributed by atoms with E-state index >= 15 is 0 Å². The quantitative estimate of drug-likeness (QED) is 0.714. The summed E-state index contributed by atoms with van der Waals surface area (Å²) in [6.45, 7) is 0.724. The molecule has 0 spiro atoms. The number of hydrogen-bond acceptors (Lipinski definition) is 4. The molecule has 3 aromatic rings. The Morgan fingerprint density at radius 3 is 2.56 bits per heavy atom. The molecule has 0 aliphatic carbocycles. The van der Waals surface area contributed by atoms with E-state index in [2.05, 4.69) is 10.3 Å². The fourth-order valence-electron chi connectivity index (χ4n) is 3.37. The van der Waals surface area contributed by atoms with E-state index in [4.69, 9.17) is 4.74 Å². The molecule has 1 atom stereocenters. The van der Waals surface area contributed by atoms with Crippen LogP contribution in [0.25, 0.3) is 16.6 Å². The molecule has 2 heterocycles. The zero-order valence-electron chi connectivity index (χ0n) is 14.4. The molecule has 0 radical (unpaired) electrons. The van der Waals surface area contributed by atoms with Gasteiger partial charge in [-0.25, -0.2) is 18.2 Å². The Morgan fingerprint density at radius 1 is 1.19 bits per heavy atom. The van der Waals surface area contributed by atoms with Gasteiger partial charge >= 0.3 is 0 Å². The molecule has 0 unspecified atom stereocenters. The summed E-state index contributed by atoms with van der Waals surface area (Å²) in [5, 5.41) is 2.89. The summed E-state index contributed by atoms with van der Waals surface area (Å²) in [5.74, 6) is -3.66. The van der Waals surface area contributed by atoms with Crippen LogP contribution in [0.2, 0.25) is 0 Å². The lowest BCUT2D eigenvalue weighted by Crippen LogP contribution is -2.29. The van der Waals surface area contributed by atoms with Crippen molar-refractivity contribution in [2.24, 2.45) is 0 Å². The summed E-state index contributed by atoms with van der Waals surface area (Å²) in [6, 6.07) is 7.05. The highest BCUT2D eigenvalue weighted by molar-refractivity contribution is 5.79. The van der Waals surface area contributed by atoms with Crippen LogP contribution in [0.3, 0.4) is 0 Å². The lowest BCUT2D eigenvalue weighted by molar-refractivity contribution is 0.414. The topological polar surface area (TPSA) is 56.1 Å². The zero-order valence-corrected chi connectivity index (χ0v) is 14.4. The van der Waals surface area contributed by atoms with Gasteiger partial charge in [0.05, 0.1) is 24.2 Å². The van der Waals surface area contributed by atoms with E-state index in [1.165, 1.54) is 11.7 Å². The molecular formula is C19H16F3N3O2. The van der Waals surface area contributed by atoms with E-state index in [1.54, 1.807) is 24.3 Å². The van der Waals surface area contributed by atoms with Crippen LogP contribution in [0.5, 0.6) is 5.75 Å². The summed E-state index contributed by atoms with van der Waals surface area (Å²) < 4.78 is 48.1. The summed E-state index contributed by atoms with van der Waals surface area (Å²) in [4.78, 5) is 17.3. The first-order chi connectivity index (χ1) is 13.0. The second kappa shape index (κ2) is 6.70. The van der Waals surface area contributed by atoms with Crippen molar-refractivity contribution >= 4 is 10.9 Å². The number of methoxy groups -OCH3 is 1. The van der Waals surface area contributed by atoms with Crippen molar-refractivity contribution in [3.63, 3.8) is 0 Å². The number of nitrogens with one attached hydrogen (secondary N) is 1. The van der Waals surface area contributed by atoms with Crippen molar-refractivity contribution in [2.75, 3.05) is 13.7 Å². The predicted molar refractivity (Wildman–Crippen MR) is 93.7 cm³/mol. The minimum atomic E-state index is -1.64. The van der Waals surface area contributed by atoms with Crippen LogP contribution >= 0.6 is 0 Å². The molecule has 1 fully saturated rings. The number of benzene rings is 2. The maximum absolute atomic E-state index is 14.3. The molecule has 1 saturated heterocycles. The number of aromatic nitrogens is 2. The lowest BCUT2D eigenvalue weighted by atomic mass is 10.1. The van der Waals surface area contributed by atoms with Gasteiger partial charge in [0.15, 0.2) is 17.5 Å². The van der Waals surface area contributed by atoms with Crippen LogP contribution in [-0.2, 0) is 0 Å². The molecule has 5 nitrogen and oxygen atoms in total. The van der Waals surface area contributed by atoms with Crippen LogP contribution in [0, 0.1) is 17.5 Å². The highest BCUT2D eigenvalue weighted by Gasteiger charge is 2.26. The van der Waals surface area contributed by atoms with Crippen molar-refractivity contribution in [1.29, 1.82) is 0 Å². The zero-order chi connectivity index (χ0) is 19.1. The molecule has 1 aliphatic rings. The van der Waals surface area contributed by atoms with Crippen LogP contribution in [0.15, 0.2) is 35.1 Å². The first-order valence-corrected chi connectivity index (χ1v) is 8.49. The van der Waals surface area contributed by atoms with E-state index in [9.17, 15) is 18.0 Å². The van der Waals surface area contributed by atoms with E-state index in [-0.39, 0.29) is 17.3 Å². The van der Waals surface area contributed by atoms with Gasteiger partial charge in [-0.15, -0.1) is 0 Å². The first kappa shape index (κ1) is 17.5. The van der Waals surface area contributed by atoms with E-state index in [0.717, 1.165) is 13.0 Å². The molecule has 1 aliphatic heterocycles. The molecule has 140 valence electrons. The maximum Gasteiger partial charge on any atom is 0.266 e. The SMILES string of the molecule is COc1ccc(-n2c([C@H]3CCCN3)nc3c(F)c(F)c(F)cc3c2=O)cc1. The summed E-state index contributed by atoms with van der Waals surface area (Å²) in [6.07, 6.45) is 1.56. The van der Waals surface area contributed by atoms with Gasteiger partial charge in [0.2, 0.25) is 0 Å². The molecule has 2 aromatic carbocycles. The van der Waals surface area contributed by atoms with Gasteiger partial charge in [0.1, 0.15) is 17.1 Å². The van der Waals surface area contributed by atoms with Crippen LogP contribution in [0.1, 0.15) is 24.7 Å². The molecule has 27 heavy (non-hydrogen) atoms. The minimum absolute atomic E-state index is 0.264. The van der Waals surface area contributed by atoms with Crippen molar-refractivity contribution in [1.82, 2.24) is 14.9 Å². The second-order valence-corrected chi connectivity index (χ2v) is 6.34. The molecule has 8 heteroatoms. The van der Waals surface area contributed by atoms with E-state index in [1.807, 2.05) is 0 Å². The Kier molecular flexibility index (Phi) is 4.35. The summed E-state index contributed by atoms with van der Waals surface area (Å²) >= 11 is 0. The third kappa shape index (κ3) is 2.86. The Morgan fingerprint density at radius 2 is 1.93 bits per heavy atom. The fourth-order valence-corrected chi connectivity index (χ4v) is 3.37. The molecular weight excluding hydrogens is 359 g/mol. The lowest BCUT2D eigenvalue weighted by Gasteiger charge is -2.18. The van der Waals surface area contributed by atoms with Crippen molar-refractivity contribution in [2.45, 2.75) is 18.9 Å². The third-order valence-electron chi connectivity index (χ3n) is 4.73. The molecule has 1 aromatic heterocycles. The average molecular weight is 375 g/mol. The van der Waals surface area contributed by atoms with Gasteiger partial charge in [0.25, 0.3) is 5.56 Å². The summed E-state index contributed by atoms with van der Waals surface area (Å²) in [7, 11) is 1.52. The third-order valence-corrected chi connectivity index (χ3v) is 4.73. The highest BCUT2D eigenvalue weighted by Crippen LogP contribution is 2.27. The van der Waals surface area contributed by atoms with Gasteiger partial charge in [-0.1, -0.05) is 0 Å². The minimum Gasteiger partial charge on any atom is -0.497 e. The van der Waals surface area contributed by atoms with E-state index < -0.39 is 28.5 Å². The second-order valence-electron chi connectivity index (χ2n) is 6.34. The van der Waals surface area contributed by atoms with Crippen LogP contribution in [-0.4, -0.2) is 23.2 Å². The smallest absolute Gasteiger partial charge is 0.266 e. The Balaban J connectivity index is 2.05. The van der Waals surface area contributed by atoms with Gasteiger partial charge < -0.3 is 10.1 Å².